The summed E-state index contributed by atoms with van der Waals surface area (Å²) in [6.07, 6.45) is 1.21. The Balaban J connectivity index is 1.54. The first-order chi connectivity index (χ1) is 20.8. The highest BCUT2D eigenvalue weighted by Gasteiger charge is 2.38. The quantitative estimate of drug-likeness (QED) is 0.294. The van der Waals surface area contributed by atoms with E-state index in [2.05, 4.69) is 21.0 Å². The average Bonchev–Trinajstić information content (AvgIpc) is 3.33. The summed E-state index contributed by atoms with van der Waals surface area (Å²) in [5, 5.41) is 5.66. The zero-order chi connectivity index (χ0) is 31.7. The summed E-state index contributed by atoms with van der Waals surface area (Å²) in [5.74, 6) is 0.906. The van der Waals surface area contributed by atoms with Gasteiger partial charge in [0.15, 0.2) is 0 Å². The maximum Gasteiger partial charge on any atom is 0.410 e. The first kappa shape index (κ1) is 30.4. The predicted molar refractivity (Wildman–Crippen MR) is 171 cm³/mol. The Bertz CT molecular complexity index is 1840. The third kappa shape index (κ3) is 5.01. The van der Waals surface area contributed by atoms with E-state index in [4.69, 9.17) is 9.47 Å². The van der Waals surface area contributed by atoms with Gasteiger partial charge in [-0.1, -0.05) is 0 Å². The number of ether oxygens (including phenoxy) is 2. The Morgan fingerprint density at radius 2 is 1.84 bits per heavy atom. The summed E-state index contributed by atoms with van der Waals surface area (Å²) >= 11 is 1.68. The molecule has 4 aromatic rings. The molecule has 10 nitrogen and oxygen atoms in total. The minimum Gasteiger partial charge on any atom is -0.444 e. The highest BCUT2D eigenvalue weighted by Crippen LogP contribution is 2.47. The molecule has 1 saturated heterocycles. The second-order valence-corrected chi connectivity index (χ2v) is 13.9. The number of aromatic nitrogens is 4. The number of fused-ring (bicyclic) bond motifs is 1. The third-order valence-corrected chi connectivity index (χ3v) is 9.66. The van der Waals surface area contributed by atoms with Gasteiger partial charge in [0.05, 0.1) is 47.3 Å². The second kappa shape index (κ2) is 11.1. The van der Waals surface area contributed by atoms with Crippen molar-refractivity contribution < 1.29 is 18.7 Å². The van der Waals surface area contributed by atoms with Crippen LogP contribution in [-0.4, -0.2) is 80.6 Å². The zero-order valence-corrected chi connectivity index (χ0v) is 27.3. The molecule has 0 spiro atoms. The molecule has 234 valence electrons. The van der Waals surface area contributed by atoms with Crippen molar-refractivity contribution in [3.8, 4) is 11.1 Å². The fourth-order valence-electron chi connectivity index (χ4n) is 6.74. The summed E-state index contributed by atoms with van der Waals surface area (Å²) in [6.45, 7) is 13.0. The number of amides is 1. The van der Waals surface area contributed by atoms with Gasteiger partial charge in [0.25, 0.3) is 0 Å². The SMILES string of the molecule is COC[C@H]1CSc2c(-c3ccc(F)c4cnn(C)c34)c(C)cc3c(N4C[C@@H](C)N(C(=O)OC(C)(C)C)[C@@H](C)C4)nc(=O)n1c23. The van der Waals surface area contributed by atoms with Crippen LogP contribution in [-0.2, 0) is 16.5 Å². The standard InChI is InChI=1S/C32H39FN6O4S/c1-17-11-22-27-28(25(17)21-9-10-24(33)23-12-34-36(7)26(21)23)44-16-20(15-42-8)39(27)30(40)35-29(22)37-13-18(2)38(19(3)14-37)31(41)43-32(4,5)6/h9-12,18-20H,13-16H2,1-8H3/t18-,19+,20-/m0/s1. The van der Waals surface area contributed by atoms with E-state index < -0.39 is 5.60 Å². The van der Waals surface area contributed by atoms with Gasteiger partial charge in [0.1, 0.15) is 17.2 Å². The van der Waals surface area contributed by atoms with Crippen molar-refractivity contribution in [1.29, 1.82) is 0 Å². The van der Waals surface area contributed by atoms with Crippen LogP contribution in [0.1, 0.15) is 46.2 Å². The summed E-state index contributed by atoms with van der Waals surface area (Å²) in [4.78, 5) is 36.5. The number of aryl methyl sites for hydroxylation is 2. The first-order valence-electron chi connectivity index (χ1n) is 14.9. The van der Waals surface area contributed by atoms with E-state index in [0.717, 1.165) is 32.5 Å². The maximum absolute atomic E-state index is 14.8. The number of carbonyl (C=O) groups is 1. The highest BCUT2D eigenvalue weighted by atomic mass is 32.2. The topological polar surface area (TPSA) is 94.7 Å². The van der Waals surface area contributed by atoms with Gasteiger partial charge < -0.3 is 14.4 Å². The molecule has 0 saturated carbocycles. The Labute approximate surface area is 260 Å². The van der Waals surface area contributed by atoms with Crippen molar-refractivity contribution in [3.05, 3.63) is 46.3 Å². The van der Waals surface area contributed by atoms with Gasteiger partial charge in [0, 0.05) is 54.4 Å². The molecule has 0 bridgehead atoms. The lowest BCUT2D eigenvalue weighted by Crippen LogP contribution is -2.60. The Morgan fingerprint density at radius 1 is 1.14 bits per heavy atom. The number of hydrogen-bond acceptors (Lipinski definition) is 8. The van der Waals surface area contributed by atoms with Crippen molar-refractivity contribution in [1.82, 2.24) is 24.2 Å². The number of rotatable bonds is 4. The largest absolute Gasteiger partial charge is 0.444 e. The number of carbonyl (C=O) groups excluding carboxylic acids is 1. The van der Waals surface area contributed by atoms with E-state index in [-0.39, 0.29) is 35.7 Å². The van der Waals surface area contributed by atoms with Crippen LogP contribution in [0.3, 0.4) is 0 Å². The van der Waals surface area contributed by atoms with E-state index in [9.17, 15) is 14.0 Å². The monoisotopic (exact) mass is 622 g/mol. The molecule has 2 aromatic heterocycles. The van der Waals surface area contributed by atoms with E-state index in [1.54, 1.807) is 45.3 Å². The van der Waals surface area contributed by atoms with Crippen molar-refractivity contribution in [2.75, 3.05) is 37.5 Å². The number of piperazine rings is 1. The summed E-state index contributed by atoms with van der Waals surface area (Å²) in [5.41, 5.74) is 3.36. The van der Waals surface area contributed by atoms with Gasteiger partial charge >= 0.3 is 11.8 Å². The lowest BCUT2D eigenvalue weighted by Gasteiger charge is -2.45. The number of nitrogens with zero attached hydrogens (tertiary/aromatic N) is 6. The van der Waals surface area contributed by atoms with Crippen LogP contribution in [0.15, 0.2) is 34.1 Å². The lowest BCUT2D eigenvalue weighted by atomic mass is 9.95. The number of anilines is 1. The first-order valence-corrected chi connectivity index (χ1v) is 15.9. The van der Waals surface area contributed by atoms with Gasteiger partial charge in [-0.3, -0.25) is 14.1 Å². The molecule has 0 aliphatic carbocycles. The molecule has 0 N–H and O–H groups in total. The molecule has 2 aliphatic heterocycles. The van der Waals surface area contributed by atoms with E-state index in [0.29, 0.717) is 42.2 Å². The minimum absolute atomic E-state index is 0.173. The predicted octanol–water partition coefficient (Wildman–Crippen LogP) is 5.53. The number of thioether (sulfide) groups is 1. The number of methoxy groups -OCH3 is 1. The molecule has 1 fully saturated rings. The number of halogens is 1. The number of hydrogen-bond donors (Lipinski definition) is 0. The summed E-state index contributed by atoms with van der Waals surface area (Å²) in [7, 11) is 3.45. The zero-order valence-electron chi connectivity index (χ0n) is 26.5. The Morgan fingerprint density at radius 3 is 2.50 bits per heavy atom. The van der Waals surface area contributed by atoms with Crippen molar-refractivity contribution >= 4 is 45.5 Å². The summed E-state index contributed by atoms with van der Waals surface area (Å²) < 4.78 is 29.5. The summed E-state index contributed by atoms with van der Waals surface area (Å²) in [6, 6.07) is 4.83. The van der Waals surface area contributed by atoms with Crippen LogP contribution >= 0.6 is 11.8 Å². The van der Waals surface area contributed by atoms with Crippen LogP contribution in [0.5, 0.6) is 0 Å². The molecule has 6 rings (SSSR count). The maximum atomic E-state index is 14.8. The van der Waals surface area contributed by atoms with E-state index in [1.807, 2.05) is 48.6 Å². The van der Waals surface area contributed by atoms with E-state index >= 15 is 0 Å². The average molecular weight is 623 g/mol. The molecule has 2 aromatic carbocycles. The molecule has 2 aliphatic rings. The fraction of sp³-hybridized carbons (Fsp3) is 0.500. The van der Waals surface area contributed by atoms with Crippen LogP contribution < -0.4 is 10.6 Å². The fourth-order valence-corrected chi connectivity index (χ4v) is 8.10. The van der Waals surface area contributed by atoms with Gasteiger partial charge in [-0.25, -0.2) is 14.0 Å². The van der Waals surface area contributed by atoms with Crippen molar-refractivity contribution in [2.45, 2.75) is 70.2 Å². The van der Waals surface area contributed by atoms with Crippen LogP contribution in [0.2, 0.25) is 0 Å². The lowest BCUT2D eigenvalue weighted by molar-refractivity contribution is 0.00561. The minimum atomic E-state index is -0.600. The molecule has 0 radical (unpaired) electrons. The molecule has 44 heavy (non-hydrogen) atoms. The van der Waals surface area contributed by atoms with Crippen molar-refractivity contribution in [2.24, 2.45) is 7.05 Å². The highest BCUT2D eigenvalue weighted by molar-refractivity contribution is 7.99. The molecule has 4 heterocycles. The van der Waals surface area contributed by atoms with Crippen LogP contribution in [0.4, 0.5) is 15.0 Å². The normalized spacial score (nSPS) is 20.5. The van der Waals surface area contributed by atoms with Crippen LogP contribution in [0.25, 0.3) is 32.9 Å². The van der Waals surface area contributed by atoms with Gasteiger partial charge in [-0.15, -0.1) is 11.8 Å². The Kier molecular flexibility index (Phi) is 7.64. The molecular formula is C32H39FN6O4S. The smallest absolute Gasteiger partial charge is 0.410 e. The molecule has 0 unspecified atom stereocenters. The molecule has 3 atom stereocenters. The Hall–Kier alpha value is -3.64. The van der Waals surface area contributed by atoms with Gasteiger partial charge in [-0.05, 0) is 65.3 Å². The second-order valence-electron chi connectivity index (χ2n) is 12.9. The van der Waals surface area contributed by atoms with Gasteiger partial charge in [-0.2, -0.15) is 10.1 Å². The molecule has 12 heteroatoms. The molecular weight excluding hydrogens is 583 g/mol. The number of benzene rings is 2. The van der Waals surface area contributed by atoms with Crippen LogP contribution in [0, 0.1) is 12.7 Å². The third-order valence-electron chi connectivity index (χ3n) is 8.43. The van der Waals surface area contributed by atoms with Gasteiger partial charge in [0.2, 0.25) is 0 Å². The molecule has 1 amide bonds. The van der Waals surface area contributed by atoms with Crippen molar-refractivity contribution in [3.63, 3.8) is 0 Å². The van der Waals surface area contributed by atoms with E-state index in [1.165, 1.54) is 6.07 Å².